The number of alkyl halides is 1. The molecule has 2 fully saturated rings. The summed E-state index contributed by atoms with van der Waals surface area (Å²) in [5, 5.41) is -0.136. The average Bonchev–Trinajstić information content (AvgIpc) is 2.92. The van der Waals surface area contributed by atoms with Crippen LogP contribution in [0.15, 0.2) is 18.3 Å². The number of hydrogen-bond donors (Lipinski definition) is 0. The maximum Gasteiger partial charge on any atom is 0.410 e. The molecule has 1 unspecified atom stereocenters. The molecule has 2 aliphatic rings. The van der Waals surface area contributed by atoms with Crippen LogP contribution in [0, 0.1) is 0 Å². The van der Waals surface area contributed by atoms with Crippen LogP contribution >= 0.6 is 11.6 Å². The highest BCUT2D eigenvalue weighted by molar-refractivity contribution is 6.24. The number of pyridine rings is 1. The second-order valence-electron chi connectivity index (χ2n) is 7.63. The number of nitrogens with zero attached hydrogens (tertiary/aromatic N) is 4. The molecule has 0 bridgehead atoms. The summed E-state index contributed by atoms with van der Waals surface area (Å²) in [6, 6.07) is 3.81. The fraction of sp³-hybridized carbons (Fsp3) is 0.611. The van der Waals surface area contributed by atoms with Crippen LogP contribution < -0.4 is 9.80 Å². The predicted octanol–water partition coefficient (Wildman–Crippen LogP) is 2.48. The number of ether oxygens (including phenoxy) is 1. The molecule has 8 heteroatoms. The van der Waals surface area contributed by atoms with Crippen molar-refractivity contribution >= 4 is 35.1 Å². The van der Waals surface area contributed by atoms with E-state index in [0.29, 0.717) is 39.1 Å². The summed E-state index contributed by atoms with van der Waals surface area (Å²) in [6.45, 7) is 8.69. The van der Waals surface area contributed by atoms with Crippen molar-refractivity contribution in [3.05, 3.63) is 18.3 Å². The minimum atomic E-state index is -0.485. The van der Waals surface area contributed by atoms with Crippen LogP contribution in [-0.4, -0.2) is 65.6 Å². The monoisotopic (exact) mass is 380 g/mol. The standard InChI is InChI=1S/C18H25ClN4O3/c1-18(2,3)26-17(25)22-8-6-21(7-9-22)15-5-4-14(11-20-15)23-12-13(19)10-16(23)24/h4-5,11,13H,6-10,12H2,1-3H3. The number of halogens is 1. The van der Waals surface area contributed by atoms with Crippen molar-refractivity contribution in [2.24, 2.45) is 0 Å². The first-order valence-electron chi connectivity index (χ1n) is 8.86. The number of rotatable bonds is 2. The number of carbonyl (C=O) groups excluding carboxylic acids is 2. The summed E-state index contributed by atoms with van der Waals surface area (Å²) in [6.07, 6.45) is 1.81. The van der Waals surface area contributed by atoms with Gasteiger partial charge in [-0.3, -0.25) is 4.79 Å². The molecule has 2 amide bonds. The van der Waals surface area contributed by atoms with Crippen LogP contribution in [0.1, 0.15) is 27.2 Å². The van der Waals surface area contributed by atoms with Crippen LogP contribution in [0.25, 0.3) is 0 Å². The van der Waals surface area contributed by atoms with E-state index in [1.165, 1.54) is 0 Å². The lowest BCUT2D eigenvalue weighted by Crippen LogP contribution is -2.50. The molecule has 1 aromatic heterocycles. The highest BCUT2D eigenvalue weighted by Gasteiger charge is 2.30. The molecule has 0 N–H and O–H groups in total. The first kappa shape index (κ1) is 18.8. The Bertz CT molecular complexity index is 666. The SMILES string of the molecule is CC(C)(C)OC(=O)N1CCN(c2ccc(N3CC(Cl)CC3=O)cn2)CC1. The van der Waals surface area contributed by atoms with Gasteiger partial charge in [-0.1, -0.05) is 0 Å². The van der Waals surface area contributed by atoms with Gasteiger partial charge in [-0.25, -0.2) is 9.78 Å². The topological polar surface area (TPSA) is 66.0 Å². The Balaban J connectivity index is 1.57. The fourth-order valence-corrected chi connectivity index (χ4v) is 3.35. The molecule has 0 spiro atoms. The third-order valence-electron chi connectivity index (χ3n) is 4.38. The third kappa shape index (κ3) is 4.38. The fourth-order valence-electron chi connectivity index (χ4n) is 3.08. The minimum Gasteiger partial charge on any atom is -0.444 e. The summed E-state index contributed by atoms with van der Waals surface area (Å²) in [5.74, 6) is 0.872. The molecule has 26 heavy (non-hydrogen) atoms. The van der Waals surface area contributed by atoms with E-state index in [1.54, 1.807) is 16.0 Å². The maximum absolute atomic E-state index is 12.1. The Morgan fingerprint density at radius 3 is 2.42 bits per heavy atom. The van der Waals surface area contributed by atoms with Gasteiger partial charge in [0.1, 0.15) is 11.4 Å². The van der Waals surface area contributed by atoms with Crippen molar-refractivity contribution in [1.82, 2.24) is 9.88 Å². The molecule has 0 aromatic carbocycles. The second kappa shape index (κ2) is 7.31. The van der Waals surface area contributed by atoms with Gasteiger partial charge in [0.2, 0.25) is 5.91 Å². The van der Waals surface area contributed by atoms with Gasteiger partial charge < -0.3 is 19.4 Å². The Morgan fingerprint density at radius 1 is 1.23 bits per heavy atom. The Morgan fingerprint density at radius 2 is 1.92 bits per heavy atom. The smallest absolute Gasteiger partial charge is 0.410 e. The third-order valence-corrected chi connectivity index (χ3v) is 4.67. The molecule has 1 atom stereocenters. The maximum atomic E-state index is 12.1. The summed E-state index contributed by atoms with van der Waals surface area (Å²) >= 11 is 6.05. The summed E-state index contributed by atoms with van der Waals surface area (Å²) < 4.78 is 5.41. The lowest BCUT2D eigenvalue weighted by Gasteiger charge is -2.36. The first-order chi connectivity index (χ1) is 12.2. The van der Waals surface area contributed by atoms with Gasteiger partial charge >= 0.3 is 6.09 Å². The molecule has 3 heterocycles. The predicted molar refractivity (Wildman–Crippen MR) is 101 cm³/mol. The van der Waals surface area contributed by atoms with Crippen LogP contribution in [-0.2, 0) is 9.53 Å². The van der Waals surface area contributed by atoms with Gasteiger partial charge in [-0.05, 0) is 32.9 Å². The molecule has 142 valence electrons. The Hall–Kier alpha value is -2.02. The highest BCUT2D eigenvalue weighted by atomic mass is 35.5. The molecule has 0 saturated carbocycles. The minimum absolute atomic E-state index is 0.0329. The van der Waals surface area contributed by atoms with E-state index >= 15 is 0 Å². The molecule has 2 saturated heterocycles. The zero-order chi connectivity index (χ0) is 18.9. The molecule has 0 radical (unpaired) electrons. The average molecular weight is 381 g/mol. The second-order valence-corrected chi connectivity index (χ2v) is 8.25. The normalized spacial score (nSPS) is 21.3. The van der Waals surface area contributed by atoms with Crippen LogP contribution in [0.4, 0.5) is 16.3 Å². The zero-order valence-corrected chi connectivity index (χ0v) is 16.2. The molecular formula is C18H25ClN4O3. The lowest BCUT2D eigenvalue weighted by atomic mass is 10.2. The van der Waals surface area contributed by atoms with Gasteiger partial charge in [-0.2, -0.15) is 0 Å². The van der Waals surface area contributed by atoms with E-state index in [0.717, 1.165) is 11.5 Å². The van der Waals surface area contributed by atoms with Crippen molar-refractivity contribution in [1.29, 1.82) is 0 Å². The highest BCUT2D eigenvalue weighted by Crippen LogP contribution is 2.25. The van der Waals surface area contributed by atoms with Gasteiger partial charge in [-0.15, -0.1) is 11.6 Å². The van der Waals surface area contributed by atoms with Crippen molar-refractivity contribution < 1.29 is 14.3 Å². The van der Waals surface area contributed by atoms with E-state index in [9.17, 15) is 9.59 Å². The van der Waals surface area contributed by atoms with E-state index in [2.05, 4.69) is 9.88 Å². The van der Waals surface area contributed by atoms with Crippen LogP contribution in [0.2, 0.25) is 0 Å². The molecule has 1 aromatic rings. The number of anilines is 2. The van der Waals surface area contributed by atoms with Crippen molar-refractivity contribution in [2.45, 2.75) is 38.2 Å². The number of aromatic nitrogens is 1. The van der Waals surface area contributed by atoms with E-state index in [-0.39, 0.29) is 17.4 Å². The van der Waals surface area contributed by atoms with E-state index in [1.807, 2.05) is 32.9 Å². The van der Waals surface area contributed by atoms with Gasteiger partial charge in [0.15, 0.2) is 0 Å². The molecule has 2 aliphatic heterocycles. The molecule has 3 rings (SSSR count). The molecule has 7 nitrogen and oxygen atoms in total. The number of amides is 2. The number of carbonyl (C=O) groups is 2. The zero-order valence-electron chi connectivity index (χ0n) is 15.4. The molecular weight excluding hydrogens is 356 g/mol. The van der Waals surface area contributed by atoms with Crippen LogP contribution in [0.5, 0.6) is 0 Å². The lowest BCUT2D eigenvalue weighted by molar-refractivity contribution is -0.117. The summed E-state index contributed by atoms with van der Waals surface area (Å²) in [5.41, 5.74) is 0.287. The van der Waals surface area contributed by atoms with Crippen molar-refractivity contribution in [3.8, 4) is 0 Å². The Kier molecular flexibility index (Phi) is 5.27. The van der Waals surface area contributed by atoms with Gasteiger partial charge in [0.05, 0.1) is 17.3 Å². The first-order valence-corrected chi connectivity index (χ1v) is 9.30. The van der Waals surface area contributed by atoms with Gasteiger partial charge in [0, 0.05) is 39.1 Å². The number of hydrogen-bond acceptors (Lipinski definition) is 5. The van der Waals surface area contributed by atoms with E-state index < -0.39 is 5.60 Å². The molecule has 0 aliphatic carbocycles. The number of piperazine rings is 1. The van der Waals surface area contributed by atoms with E-state index in [4.69, 9.17) is 16.3 Å². The van der Waals surface area contributed by atoms with Crippen LogP contribution in [0.3, 0.4) is 0 Å². The summed E-state index contributed by atoms with van der Waals surface area (Å²) in [7, 11) is 0. The largest absolute Gasteiger partial charge is 0.444 e. The van der Waals surface area contributed by atoms with Crippen molar-refractivity contribution in [2.75, 3.05) is 42.5 Å². The Labute approximate surface area is 158 Å². The summed E-state index contributed by atoms with van der Waals surface area (Å²) in [4.78, 5) is 34.1. The quantitative estimate of drug-likeness (QED) is 0.737. The van der Waals surface area contributed by atoms with Gasteiger partial charge in [0.25, 0.3) is 0 Å². The van der Waals surface area contributed by atoms with Crippen molar-refractivity contribution in [3.63, 3.8) is 0 Å².